The Hall–Kier alpha value is -2.23. The highest BCUT2D eigenvalue weighted by atomic mass is 35.5. The molecule has 132 valence electrons. The molecule has 2 aromatic heterocycles. The standard InChI is InChI=1S/C15H17ClN6O3/c1-17-11-7-12(21-14(16)20-11)22(5-19-7)8-6-3-4-15(6,13(25)18-2)10(24)9(8)23/h3-6,8-10,23-24H,1-2H3,(H,18,25)(H,17,20,21)/t6-,8-,9+,10+,15+/m1/s1. The fourth-order valence-electron chi connectivity index (χ4n) is 3.99. The first-order valence-corrected chi connectivity index (χ1v) is 8.19. The van der Waals surface area contributed by atoms with E-state index in [4.69, 9.17) is 11.6 Å². The van der Waals surface area contributed by atoms with Crippen LogP contribution in [0, 0.1) is 11.3 Å². The van der Waals surface area contributed by atoms with Crippen molar-refractivity contribution in [3.63, 3.8) is 0 Å². The van der Waals surface area contributed by atoms with Gasteiger partial charge in [-0.3, -0.25) is 4.79 Å². The summed E-state index contributed by atoms with van der Waals surface area (Å²) in [6.07, 6.45) is 2.58. The van der Waals surface area contributed by atoms with Gasteiger partial charge in [0.05, 0.1) is 12.4 Å². The number of hydrogen-bond acceptors (Lipinski definition) is 7. The first-order chi connectivity index (χ1) is 12.0. The quantitative estimate of drug-likeness (QED) is 0.436. The molecule has 0 bridgehead atoms. The zero-order valence-electron chi connectivity index (χ0n) is 13.5. The van der Waals surface area contributed by atoms with Gasteiger partial charge in [-0.2, -0.15) is 9.97 Å². The highest BCUT2D eigenvalue weighted by Crippen LogP contribution is 2.57. The molecule has 10 heteroatoms. The number of anilines is 1. The van der Waals surface area contributed by atoms with E-state index in [-0.39, 0.29) is 17.1 Å². The van der Waals surface area contributed by atoms with Gasteiger partial charge in [-0.15, -0.1) is 0 Å². The van der Waals surface area contributed by atoms with E-state index < -0.39 is 23.7 Å². The third-order valence-corrected chi connectivity index (χ3v) is 5.40. The number of nitrogens with one attached hydrogen (secondary N) is 2. The first-order valence-electron chi connectivity index (χ1n) is 7.81. The number of nitrogens with zero attached hydrogens (tertiary/aromatic N) is 4. The van der Waals surface area contributed by atoms with Crippen LogP contribution in [0.25, 0.3) is 11.2 Å². The van der Waals surface area contributed by atoms with Gasteiger partial charge in [0.15, 0.2) is 17.0 Å². The number of carbonyl (C=O) groups excluding carboxylic acids is 1. The van der Waals surface area contributed by atoms with E-state index in [1.807, 2.05) is 6.08 Å². The third-order valence-electron chi connectivity index (χ3n) is 5.23. The lowest BCUT2D eigenvalue weighted by Gasteiger charge is -2.39. The van der Waals surface area contributed by atoms with Gasteiger partial charge in [-0.05, 0) is 11.6 Å². The summed E-state index contributed by atoms with van der Waals surface area (Å²) >= 11 is 5.99. The van der Waals surface area contributed by atoms with Crippen LogP contribution in [0.15, 0.2) is 18.5 Å². The minimum absolute atomic E-state index is 0.0355. The second-order valence-corrected chi connectivity index (χ2v) is 6.58. The molecular weight excluding hydrogens is 348 g/mol. The topological polar surface area (TPSA) is 125 Å². The minimum Gasteiger partial charge on any atom is -0.389 e. The molecular formula is C15H17ClN6O3. The van der Waals surface area contributed by atoms with Crippen LogP contribution in [0.1, 0.15) is 6.04 Å². The lowest BCUT2D eigenvalue weighted by atomic mass is 9.66. The Morgan fingerprint density at radius 2 is 2.12 bits per heavy atom. The van der Waals surface area contributed by atoms with Crippen molar-refractivity contribution < 1.29 is 15.0 Å². The maximum Gasteiger partial charge on any atom is 0.233 e. The summed E-state index contributed by atoms with van der Waals surface area (Å²) in [5.74, 6) is -0.257. The highest BCUT2D eigenvalue weighted by Gasteiger charge is 2.66. The van der Waals surface area contributed by atoms with Crippen molar-refractivity contribution >= 4 is 34.5 Å². The molecule has 0 spiro atoms. The number of rotatable bonds is 3. The van der Waals surface area contributed by atoms with Crippen molar-refractivity contribution in [2.75, 3.05) is 19.4 Å². The number of imidazole rings is 1. The molecule has 4 N–H and O–H groups in total. The lowest BCUT2D eigenvalue weighted by molar-refractivity contribution is -0.137. The number of amides is 1. The summed E-state index contributed by atoms with van der Waals surface area (Å²) in [5.41, 5.74) is -0.235. The molecule has 0 unspecified atom stereocenters. The van der Waals surface area contributed by atoms with E-state index in [9.17, 15) is 15.0 Å². The zero-order valence-corrected chi connectivity index (χ0v) is 14.3. The van der Waals surface area contributed by atoms with E-state index in [0.29, 0.717) is 17.0 Å². The summed E-state index contributed by atoms with van der Waals surface area (Å²) in [6.45, 7) is 0. The van der Waals surface area contributed by atoms with Crippen molar-refractivity contribution in [3.8, 4) is 0 Å². The van der Waals surface area contributed by atoms with E-state index in [0.717, 1.165) is 0 Å². The highest BCUT2D eigenvalue weighted by molar-refractivity contribution is 6.28. The molecule has 2 aliphatic rings. The van der Waals surface area contributed by atoms with Gasteiger partial charge in [-0.1, -0.05) is 12.2 Å². The maximum absolute atomic E-state index is 12.4. The van der Waals surface area contributed by atoms with Gasteiger partial charge in [0, 0.05) is 20.0 Å². The second-order valence-electron chi connectivity index (χ2n) is 6.24. The van der Waals surface area contributed by atoms with Crippen LogP contribution in [0.4, 0.5) is 5.82 Å². The van der Waals surface area contributed by atoms with E-state index in [2.05, 4.69) is 25.6 Å². The van der Waals surface area contributed by atoms with E-state index in [1.165, 1.54) is 13.4 Å². The van der Waals surface area contributed by atoms with Gasteiger partial charge in [0.25, 0.3) is 0 Å². The molecule has 1 fully saturated rings. The number of carbonyl (C=O) groups is 1. The summed E-state index contributed by atoms with van der Waals surface area (Å²) < 4.78 is 1.65. The molecule has 2 aromatic rings. The first kappa shape index (κ1) is 16.2. The third kappa shape index (κ3) is 1.91. The van der Waals surface area contributed by atoms with Gasteiger partial charge in [0.2, 0.25) is 11.2 Å². The largest absolute Gasteiger partial charge is 0.389 e. The van der Waals surface area contributed by atoms with Crippen molar-refractivity contribution in [2.45, 2.75) is 18.2 Å². The van der Waals surface area contributed by atoms with Crippen LogP contribution in [0.3, 0.4) is 0 Å². The minimum atomic E-state index is -1.23. The Kier molecular flexibility index (Phi) is 3.50. The Balaban J connectivity index is 1.86. The number of halogens is 1. The van der Waals surface area contributed by atoms with Crippen LogP contribution in [0.2, 0.25) is 5.28 Å². The summed E-state index contributed by atoms with van der Waals surface area (Å²) in [5, 5.41) is 26.7. The number of aliphatic hydroxyl groups excluding tert-OH is 2. The summed E-state index contributed by atoms with van der Waals surface area (Å²) in [6, 6.07) is -0.599. The zero-order chi connectivity index (χ0) is 17.9. The Morgan fingerprint density at radius 1 is 1.36 bits per heavy atom. The van der Waals surface area contributed by atoms with Gasteiger partial charge in [-0.25, -0.2) is 4.98 Å². The summed E-state index contributed by atoms with van der Waals surface area (Å²) in [4.78, 5) is 25.0. The number of aromatic nitrogens is 4. The molecule has 5 atom stereocenters. The van der Waals surface area contributed by atoms with E-state index in [1.54, 1.807) is 17.7 Å². The fourth-order valence-corrected chi connectivity index (χ4v) is 4.15. The molecule has 25 heavy (non-hydrogen) atoms. The van der Waals surface area contributed by atoms with Crippen LogP contribution >= 0.6 is 11.6 Å². The van der Waals surface area contributed by atoms with Crippen molar-refractivity contribution in [2.24, 2.45) is 11.3 Å². The fraction of sp³-hybridized carbons (Fsp3) is 0.467. The Morgan fingerprint density at radius 3 is 2.72 bits per heavy atom. The van der Waals surface area contributed by atoms with Crippen LogP contribution in [-0.2, 0) is 4.79 Å². The second kappa shape index (κ2) is 5.38. The smallest absolute Gasteiger partial charge is 0.233 e. The number of allylic oxidation sites excluding steroid dienone is 1. The molecule has 0 aromatic carbocycles. The van der Waals surface area contributed by atoms with Crippen LogP contribution in [0.5, 0.6) is 0 Å². The average molecular weight is 365 g/mol. The van der Waals surface area contributed by atoms with Crippen LogP contribution in [-0.4, -0.2) is 61.9 Å². The molecule has 4 rings (SSSR count). The van der Waals surface area contributed by atoms with Gasteiger partial charge >= 0.3 is 0 Å². The van der Waals surface area contributed by atoms with E-state index >= 15 is 0 Å². The number of fused-ring (bicyclic) bond motifs is 2. The Bertz CT molecular complexity index is 899. The number of hydrogen-bond donors (Lipinski definition) is 4. The average Bonchev–Trinajstić information content (AvgIpc) is 3.05. The van der Waals surface area contributed by atoms with Gasteiger partial charge in [0.1, 0.15) is 17.6 Å². The monoisotopic (exact) mass is 364 g/mol. The van der Waals surface area contributed by atoms with Gasteiger partial charge < -0.3 is 25.4 Å². The predicted molar refractivity (Wildman–Crippen MR) is 90.1 cm³/mol. The lowest BCUT2D eigenvalue weighted by Crippen LogP contribution is -2.52. The van der Waals surface area contributed by atoms with Crippen molar-refractivity contribution in [1.29, 1.82) is 0 Å². The molecule has 1 amide bonds. The predicted octanol–water partition coefficient (Wildman–Crippen LogP) is -0.284. The molecule has 0 saturated heterocycles. The van der Waals surface area contributed by atoms with Crippen molar-refractivity contribution in [1.82, 2.24) is 24.8 Å². The molecule has 0 radical (unpaired) electrons. The molecule has 2 heterocycles. The molecule has 0 aliphatic heterocycles. The number of aliphatic hydroxyl groups is 2. The normalized spacial score (nSPS) is 33.2. The summed E-state index contributed by atoms with van der Waals surface area (Å²) in [7, 11) is 3.20. The Labute approximate surface area is 147 Å². The molecule has 1 saturated carbocycles. The SMILES string of the molecule is CNC(=O)[C@@]12C=C[C@@H]1[C@@H](n1cnc3c(NC)nc(Cl)nc31)[C@H](O)[C@@H]2O. The van der Waals surface area contributed by atoms with Crippen molar-refractivity contribution in [3.05, 3.63) is 23.8 Å². The maximum atomic E-state index is 12.4. The molecule has 2 aliphatic carbocycles. The van der Waals surface area contributed by atoms with Crippen LogP contribution < -0.4 is 10.6 Å². The molecule has 9 nitrogen and oxygen atoms in total.